The SMILES string of the molecule is CC1(C)OB(C(c2ccsc2)C(CCc2ccccc2)c2ccsc2)OC1(C)C. The van der Waals surface area contributed by atoms with Crippen LogP contribution in [-0.4, -0.2) is 18.3 Å². The van der Waals surface area contributed by atoms with Crippen LogP contribution in [0.25, 0.3) is 0 Å². The van der Waals surface area contributed by atoms with Crippen LogP contribution in [0.15, 0.2) is 64.0 Å². The zero-order chi connectivity index (χ0) is 20.5. The molecule has 0 amide bonds. The largest absolute Gasteiger partial charge is 0.466 e. The fraction of sp³-hybridized carbons (Fsp3) is 0.417. The third-order valence-electron chi connectivity index (χ3n) is 6.48. The van der Waals surface area contributed by atoms with Crippen molar-refractivity contribution in [2.75, 3.05) is 0 Å². The predicted octanol–water partition coefficient (Wildman–Crippen LogP) is 6.94. The summed E-state index contributed by atoms with van der Waals surface area (Å²) in [7, 11) is -0.254. The van der Waals surface area contributed by atoms with Gasteiger partial charge in [-0.15, -0.1) is 0 Å². The molecule has 1 aliphatic rings. The molecule has 2 aromatic heterocycles. The summed E-state index contributed by atoms with van der Waals surface area (Å²) >= 11 is 3.51. The van der Waals surface area contributed by atoms with Crippen LogP contribution in [0, 0.1) is 0 Å². The fourth-order valence-corrected chi connectivity index (χ4v) is 5.52. The Hall–Kier alpha value is -1.40. The summed E-state index contributed by atoms with van der Waals surface area (Å²) in [6.07, 6.45) is 2.10. The lowest BCUT2D eigenvalue weighted by Gasteiger charge is -2.32. The third-order valence-corrected chi connectivity index (χ3v) is 7.89. The Morgan fingerprint density at radius 1 is 0.828 bits per heavy atom. The molecule has 1 fully saturated rings. The average Bonchev–Trinajstić information content (AvgIpc) is 3.41. The van der Waals surface area contributed by atoms with Gasteiger partial charge in [-0.2, -0.15) is 22.7 Å². The Labute approximate surface area is 183 Å². The van der Waals surface area contributed by atoms with E-state index in [9.17, 15) is 0 Å². The monoisotopic (exact) mass is 424 g/mol. The summed E-state index contributed by atoms with van der Waals surface area (Å²) in [5, 5.41) is 8.90. The highest BCUT2D eigenvalue weighted by Gasteiger charge is 2.55. The van der Waals surface area contributed by atoms with Gasteiger partial charge in [-0.25, -0.2) is 0 Å². The van der Waals surface area contributed by atoms with E-state index in [1.807, 2.05) is 0 Å². The van der Waals surface area contributed by atoms with Crippen molar-refractivity contribution < 1.29 is 9.31 Å². The maximum atomic E-state index is 6.57. The van der Waals surface area contributed by atoms with E-state index in [1.54, 1.807) is 22.7 Å². The Balaban J connectivity index is 1.68. The zero-order valence-electron chi connectivity index (χ0n) is 17.6. The maximum Gasteiger partial charge on any atom is 0.466 e. The molecule has 1 aliphatic heterocycles. The number of aryl methyl sites for hydroxylation is 1. The zero-order valence-corrected chi connectivity index (χ0v) is 19.3. The van der Waals surface area contributed by atoms with Crippen molar-refractivity contribution in [3.05, 3.63) is 80.7 Å². The summed E-state index contributed by atoms with van der Waals surface area (Å²) in [4.78, 5) is 0. The predicted molar refractivity (Wildman–Crippen MR) is 125 cm³/mol. The molecule has 152 valence electrons. The first-order valence-corrected chi connectivity index (χ1v) is 12.2. The van der Waals surface area contributed by atoms with E-state index >= 15 is 0 Å². The fourth-order valence-electron chi connectivity index (χ4n) is 4.09. The van der Waals surface area contributed by atoms with Crippen LogP contribution in [0.3, 0.4) is 0 Å². The summed E-state index contributed by atoms with van der Waals surface area (Å²) in [6.45, 7) is 8.56. The van der Waals surface area contributed by atoms with Gasteiger partial charge in [0.15, 0.2) is 0 Å². The lowest BCUT2D eigenvalue weighted by Crippen LogP contribution is -2.41. The van der Waals surface area contributed by atoms with Gasteiger partial charge in [-0.3, -0.25) is 0 Å². The molecule has 1 aromatic carbocycles. The summed E-state index contributed by atoms with van der Waals surface area (Å²) in [5.41, 5.74) is 3.43. The maximum absolute atomic E-state index is 6.57. The second kappa shape index (κ2) is 8.39. The summed E-state index contributed by atoms with van der Waals surface area (Å²) < 4.78 is 13.1. The first-order valence-electron chi connectivity index (χ1n) is 10.3. The van der Waals surface area contributed by atoms with Crippen molar-refractivity contribution in [2.45, 2.75) is 63.5 Å². The van der Waals surface area contributed by atoms with Crippen LogP contribution >= 0.6 is 22.7 Å². The standard InChI is InChI=1S/C24H29BO2S2/c1-23(2)24(3,4)27-25(26-23)22(20-13-15-29-17-20)21(19-12-14-28-16-19)11-10-18-8-6-5-7-9-18/h5-9,12-17,21-22H,10-11H2,1-4H3. The first kappa shape index (κ1) is 20.9. The smallest absolute Gasteiger partial charge is 0.403 e. The van der Waals surface area contributed by atoms with Crippen molar-refractivity contribution in [2.24, 2.45) is 0 Å². The summed E-state index contributed by atoms with van der Waals surface area (Å²) in [5.74, 6) is 0.506. The Bertz CT molecular complexity index is 872. The van der Waals surface area contributed by atoms with Crippen LogP contribution in [0.2, 0.25) is 0 Å². The van der Waals surface area contributed by atoms with E-state index in [1.165, 1.54) is 16.7 Å². The van der Waals surface area contributed by atoms with Gasteiger partial charge in [0.2, 0.25) is 0 Å². The lowest BCUT2D eigenvalue weighted by molar-refractivity contribution is 0.00578. The molecule has 0 saturated carbocycles. The van der Waals surface area contributed by atoms with Gasteiger partial charge in [0.1, 0.15) is 0 Å². The second-order valence-electron chi connectivity index (χ2n) is 8.89. The molecule has 2 nitrogen and oxygen atoms in total. The molecule has 3 heterocycles. The van der Waals surface area contributed by atoms with E-state index in [-0.39, 0.29) is 24.1 Å². The van der Waals surface area contributed by atoms with E-state index in [2.05, 4.69) is 91.7 Å². The molecule has 2 atom stereocenters. The normalized spacial score (nSPS) is 19.9. The first-order chi connectivity index (χ1) is 13.9. The molecule has 0 bridgehead atoms. The molecule has 3 aromatic rings. The van der Waals surface area contributed by atoms with E-state index in [4.69, 9.17) is 9.31 Å². The molecule has 0 radical (unpaired) electrons. The van der Waals surface area contributed by atoms with E-state index in [0.29, 0.717) is 5.92 Å². The molecule has 29 heavy (non-hydrogen) atoms. The molecule has 2 unspecified atom stereocenters. The number of rotatable bonds is 7. The highest BCUT2D eigenvalue weighted by atomic mass is 32.1. The van der Waals surface area contributed by atoms with Gasteiger partial charge in [-0.1, -0.05) is 30.3 Å². The number of thiophene rings is 2. The molecule has 0 aliphatic carbocycles. The van der Waals surface area contributed by atoms with Gasteiger partial charge < -0.3 is 9.31 Å². The van der Waals surface area contributed by atoms with Crippen LogP contribution in [-0.2, 0) is 15.7 Å². The minimum Gasteiger partial charge on any atom is -0.403 e. The Kier molecular flexibility index (Phi) is 6.03. The van der Waals surface area contributed by atoms with E-state index < -0.39 is 0 Å². The van der Waals surface area contributed by atoms with Crippen LogP contribution in [0.4, 0.5) is 0 Å². The second-order valence-corrected chi connectivity index (χ2v) is 10.5. The van der Waals surface area contributed by atoms with Gasteiger partial charge in [0.05, 0.1) is 11.2 Å². The quantitative estimate of drug-likeness (QED) is 0.383. The Morgan fingerprint density at radius 2 is 1.41 bits per heavy atom. The van der Waals surface area contributed by atoms with Crippen molar-refractivity contribution in [1.82, 2.24) is 0 Å². The molecular formula is C24H29BO2S2. The average molecular weight is 424 g/mol. The molecule has 0 N–H and O–H groups in total. The van der Waals surface area contributed by atoms with Crippen molar-refractivity contribution in [3.8, 4) is 0 Å². The minimum absolute atomic E-state index is 0.167. The lowest BCUT2D eigenvalue weighted by atomic mass is 9.59. The highest BCUT2D eigenvalue weighted by molar-refractivity contribution is 7.08. The number of hydrogen-bond donors (Lipinski definition) is 0. The van der Waals surface area contributed by atoms with Gasteiger partial charge in [0, 0.05) is 5.82 Å². The van der Waals surface area contributed by atoms with Gasteiger partial charge in [-0.05, 0) is 96.8 Å². The van der Waals surface area contributed by atoms with Gasteiger partial charge >= 0.3 is 7.12 Å². The molecule has 0 spiro atoms. The van der Waals surface area contributed by atoms with Crippen molar-refractivity contribution in [3.63, 3.8) is 0 Å². The molecular weight excluding hydrogens is 395 g/mol. The topological polar surface area (TPSA) is 18.5 Å². The minimum atomic E-state index is -0.329. The number of benzene rings is 1. The van der Waals surface area contributed by atoms with Crippen LogP contribution in [0.1, 0.15) is 62.5 Å². The van der Waals surface area contributed by atoms with Crippen LogP contribution in [0.5, 0.6) is 0 Å². The van der Waals surface area contributed by atoms with Crippen molar-refractivity contribution >= 4 is 29.8 Å². The summed E-state index contributed by atoms with van der Waals surface area (Å²) in [6, 6.07) is 15.3. The van der Waals surface area contributed by atoms with Crippen LogP contribution < -0.4 is 0 Å². The third kappa shape index (κ3) is 4.39. The number of hydrogen-bond acceptors (Lipinski definition) is 4. The van der Waals surface area contributed by atoms with E-state index in [0.717, 1.165) is 12.8 Å². The molecule has 5 heteroatoms. The van der Waals surface area contributed by atoms with Crippen molar-refractivity contribution in [1.29, 1.82) is 0 Å². The highest BCUT2D eigenvalue weighted by Crippen LogP contribution is 2.47. The van der Waals surface area contributed by atoms with Gasteiger partial charge in [0.25, 0.3) is 0 Å². The Morgan fingerprint density at radius 3 is 1.97 bits per heavy atom. The molecule has 1 saturated heterocycles. The molecule has 4 rings (SSSR count).